The number of fused-ring (bicyclic) bond motifs is 3. The van der Waals surface area contributed by atoms with Gasteiger partial charge in [-0.2, -0.15) is 0 Å². The molecule has 53 heavy (non-hydrogen) atoms. The first kappa shape index (κ1) is 30.9. The highest BCUT2D eigenvalue weighted by molar-refractivity contribution is 5.89. The van der Waals surface area contributed by atoms with Crippen molar-refractivity contribution < 1.29 is 0 Å². The standard InChI is InChI=1S/C52H43N/c1-3-11-37(12-4-1)38-19-24-44(25-20-38)53(51-18-10-8-15-46(51)40-13-5-2-6-14-40)45-26-21-39(22-27-45)41-23-28-48-47-16-7-9-17-49(47)52(50(48)34-41)42-30-35-29-36(32-42)33-43(52)31-35/h1-28,34-36,42-43H,29-33H2. The number of nitrogens with zero attached hydrogens (tertiary/aromatic N) is 1. The fraction of sp³-hybridized carbons (Fsp3) is 0.192. The summed E-state index contributed by atoms with van der Waals surface area (Å²) in [4.78, 5) is 2.42. The van der Waals surface area contributed by atoms with Crippen LogP contribution in [0.4, 0.5) is 17.1 Å². The summed E-state index contributed by atoms with van der Waals surface area (Å²) < 4.78 is 0. The van der Waals surface area contributed by atoms with Gasteiger partial charge < -0.3 is 4.90 Å². The Labute approximate surface area is 313 Å². The SMILES string of the molecule is c1ccc(-c2ccc(N(c3ccc(-c4ccc5c(c4)C4(c6ccccc6-5)C5CC6CC(C5)CC4C6)cc3)c3ccccc3-c3ccccc3)cc2)cc1. The van der Waals surface area contributed by atoms with Gasteiger partial charge in [0.15, 0.2) is 0 Å². The van der Waals surface area contributed by atoms with E-state index in [0.717, 1.165) is 40.7 Å². The molecule has 5 aliphatic rings. The third-order valence-electron chi connectivity index (χ3n) is 13.5. The van der Waals surface area contributed by atoms with Crippen molar-refractivity contribution in [1.82, 2.24) is 0 Å². The summed E-state index contributed by atoms with van der Waals surface area (Å²) in [5.74, 6) is 3.43. The first-order chi connectivity index (χ1) is 26.2. The van der Waals surface area contributed by atoms with Gasteiger partial charge in [-0.25, -0.2) is 0 Å². The summed E-state index contributed by atoms with van der Waals surface area (Å²) in [6, 6.07) is 65.5. The number of hydrogen-bond acceptors (Lipinski definition) is 1. The van der Waals surface area contributed by atoms with Gasteiger partial charge in [-0.1, -0.05) is 140 Å². The van der Waals surface area contributed by atoms with Crippen LogP contribution in [0.25, 0.3) is 44.5 Å². The fourth-order valence-electron chi connectivity index (χ4n) is 11.5. The van der Waals surface area contributed by atoms with Crippen LogP contribution in [-0.4, -0.2) is 0 Å². The topological polar surface area (TPSA) is 3.24 Å². The quantitative estimate of drug-likeness (QED) is 0.169. The summed E-state index contributed by atoms with van der Waals surface area (Å²) in [5.41, 5.74) is 17.3. The smallest absolute Gasteiger partial charge is 0.0540 e. The zero-order valence-corrected chi connectivity index (χ0v) is 30.0. The Morgan fingerprint density at radius 3 is 1.47 bits per heavy atom. The minimum absolute atomic E-state index is 0.180. The van der Waals surface area contributed by atoms with Crippen LogP contribution in [0.2, 0.25) is 0 Å². The van der Waals surface area contributed by atoms with Crippen LogP contribution in [0, 0.1) is 23.7 Å². The molecular weight excluding hydrogens is 639 g/mol. The van der Waals surface area contributed by atoms with E-state index in [-0.39, 0.29) is 5.41 Å². The van der Waals surface area contributed by atoms with Crippen molar-refractivity contribution in [2.75, 3.05) is 4.90 Å². The molecule has 256 valence electrons. The first-order valence-electron chi connectivity index (χ1n) is 19.7. The van der Waals surface area contributed by atoms with Crippen molar-refractivity contribution in [3.05, 3.63) is 187 Å². The summed E-state index contributed by atoms with van der Waals surface area (Å²) >= 11 is 0. The third kappa shape index (κ3) is 4.83. The van der Waals surface area contributed by atoms with Crippen LogP contribution in [0.3, 0.4) is 0 Å². The van der Waals surface area contributed by atoms with Gasteiger partial charge in [0.25, 0.3) is 0 Å². The molecule has 0 aromatic heterocycles. The largest absolute Gasteiger partial charge is 0.310 e. The van der Waals surface area contributed by atoms with Crippen molar-refractivity contribution in [3.8, 4) is 44.5 Å². The van der Waals surface area contributed by atoms with E-state index in [2.05, 4.69) is 181 Å². The van der Waals surface area contributed by atoms with Crippen LogP contribution in [0.5, 0.6) is 0 Å². The number of rotatable bonds is 6. The molecule has 0 aliphatic heterocycles. The van der Waals surface area contributed by atoms with E-state index in [1.165, 1.54) is 76.6 Å². The minimum Gasteiger partial charge on any atom is -0.310 e. The summed E-state index contributed by atoms with van der Waals surface area (Å²) in [7, 11) is 0. The van der Waals surface area contributed by atoms with Crippen LogP contribution in [0.1, 0.15) is 43.2 Å². The van der Waals surface area contributed by atoms with Crippen LogP contribution < -0.4 is 4.90 Å². The summed E-state index contributed by atoms with van der Waals surface area (Å²) in [6.07, 6.45) is 7.12. The normalized spacial score (nSPS) is 23.2. The lowest BCUT2D eigenvalue weighted by molar-refractivity contribution is -0.0399. The maximum atomic E-state index is 2.61. The predicted octanol–water partition coefficient (Wildman–Crippen LogP) is 13.9. The molecule has 0 unspecified atom stereocenters. The molecule has 5 aliphatic carbocycles. The molecule has 7 aromatic rings. The molecule has 0 saturated heterocycles. The van der Waals surface area contributed by atoms with Gasteiger partial charge in [0, 0.05) is 22.4 Å². The molecule has 1 spiro atoms. The Kier molecular flexibility index (Phi) is 7.12. The van der Waals surface area contributed by atoms with Crippen molar-refractivity contribution in [1.29, 1.82) is 0 Å². The average Bonchev–Trinajstić information content (AvgIpc) is 3.51. The highest BCUT2D eigenvalue weighted by Crippen LogP contribution is 2.69. The van der Waals surface area contributed by atoms with Gasteiger partial charge in [-0.15, -0.1) is 0 Å². The molecule has 12 rings (SSSR count). The monoisotopic (exact) mass is 681 g/mol. The lowest BCUT2D eigenvalue weighted by atomic mass is 9.43. The first-order valence-corrected chi connectivity index (χ1v) is 19.7. The van der Waals surface area contributed by atoms with Crippen LogP contribution in [0.15, 0.2) is 176 Å². The second kappa shape index (κ2) is 12.2. The van der Waals surface area contributed by atoms with E-state index in [0.29, 0.717) is 0 Å². The van der Waals surface area contributed by atoms with Gasteiger partial charge >= 0.3 is 0 Å². The zero-order valence-electron chi connectivity index (χ0n) is 30.0. The fourth-order valence-corrected chi connectivity index (χ4v) is 11.5. The third-order valence-corrected chi connectivity index (χ3v) is 13.5. The van der Waals surface area contributed by atoms with E-state index in [1.807, 2.05) is 0 Å². The lowest BCUT2D eigenvalue weighted by Gasteiger charge is -2.61. The average molecular weight is 682 g/mol. The summed E-state index contributed by atoms with van der Waals surface area (Å²) in [5, 5.41) is 0. The van der Waals surface area contributed by atoms with E-state index >= 15 is 0 Å². The highest BCUT2D eigenvalue weighted by Gasteiger charge is 2.61. The van der Waals surface area contributed by atoms with Gasteiger partial charge in [-0.05, 0) is 142 Å². The Morgan fingerprint density at radius 1 is 0.358 bits per heavy atom. The predicted molar refractivity (Wildman–Crippen MR) is 221 cm³/mol. The molecule has 1 heteroatoms. The Hall–Kier alpha value is -5.66. The molecule has 7 aromatic carbocycles. The molecule has 0 radical (unpaired) electrons. The van der Waals surface area contributed by atoms with Crippen molar-refractivity contribution >= 4 is 17.1 Å². The van der Waals surface area contributed by atoms with Crippen molar-refractivity contribution in [2.24, 2.45) is 23.7 Å². The lowest BCUT2D eigenvalue weighted by Crippen LogP contribution is -2.55. The number of anilines is 3. The molecule has 4 saturated carbocycles. The molecule has 0 amide bonds. The molecular formula is C52H43N. The Morgan fingerprint density at radius 2 is 0.830 bits per heavy atom. The van der Waals surface area contributed by atoms with Crippen molar-refractivity contribution in [2.45, 2.75) is 37.5 Å². The van der Waals surface area contributed by atoms with E-state index in [1.54, 1.807) is 11.1 Å². The van der Waals surface area contributed by atoms with E-state index in [4.69, 9.17) is 0 Å². The van der Waals surface area contributed by atoms with Crippen LogP contribution >= 0.6 is 0 Å². The molecule has 0 atom stereocenters. The Balaban J connectivity index is 1.01. The van der Waals surface area contributed by atoms with Gasteiger partial charge in [0.1, 0.15) is 0 Å². The van der Waals surface area contributed by atoms with E-state index in [9.17, 15) is 0 Å². The maximum Gasteiger partial charge on any atom is 0.0540 e. The number of para-hydroxylation sites is 1. The molecule has 4 fully saturated rings. The molecule has 1 nitrogen and oxygen atoms in total. The molecule has 0 N–H and O–H groups in total. The zero-order chi connectivity index (χ0) is 34.9. The van der Waals surface area contributed by atoms with E-state index < -0.39 is 0 Å². The number of benzene rings is 7. The van der Waals surface area contributed by atoms with Crippen LogP contribution in [-0.2, 0) is 5.41 Å². The molecule has 4 bridgehead atoms. The van der Waals surface area contributed by atoms with Gasteiger partial charge in [0.2, 0.25) is 0 Å². The van der Waals surface area contributed by atoms with Crippen molar-refractivity contribution in [3.63, 3.8) is 0 Å². The highest BCUT2D eigenvalue weighted by atomic mass is 15.1. The second-order valence-electron chi connectivity index (χ2n) is 16.2. The second-order valence-corrected chi connectivity index (χ2v) is 16.2. The van der Waals surface area contributed by atoms with Gasteiger partial charge in [-0.3, -0.25) is 0 Å². The number of hydrogen-bond donors (Lipinski definition) is 0. The van der Waals surface area contributed by atoms with Gasteiger partial charge in [0.05, 0.1) is 5.69 Å². The minimum atomic E-state index is 0.180. The maximum absolute atomic E-state index is 2.61. The summed E-state index contributed by atoms with van der Waals surface area (Å²) in [6.45, 7) is 0. The Bertz CT molecular complexity index is 2410. The molecule has 0 heterocycles.